The Hall–Kier alpha value is -2.76. The lowest BCUT2D eigenvalue weighted by Gasteiger charge is -2.28. The Bertz CT molecular complexity index is 620. The molecule has 3 rings (SSSR count). The van der Waals surface area contributed by atoms with Crippen molar-refractivity contribution in [2.24, 2.45) is 10.7 Å². The van der Waals surface area contributed by atoms with Crippen molar-refractivity contribution in [2.45, 2.75) is 0 Å². The number of pyridine rings is 1. The number of amidine groups is 1. The molecule has 0 unspecified atom stereocenters. The van der Waals surface area contributed by atoms with E-state index in [1.807, 2.05) is 23.1 Å². The minimum atomic E-state index is 0.498. The van der Waals surface area contributed by atoms with E-state index in [0.717, 1.165) is 17.1 Å². The number of hydrogen-bond donors (Lipinski definition) is 1. The minimum absolute atomic E-state index is 0.498. The third kappa shape index (κ3) is 2.28. The highest BCUT2D eigenvalue weighted by Crippen LogP contribution is 2.25. The Morgan fingerprint density at radius 3 is 2.84 bits per heavy atom. The van der Waals surface area contributed by atoms with Gasteiger partial charge in [0.1, 0.15) is 18.0 Å². The van der Waals surface area contributed by atoms with Crippen LogP contribution in [0.4, 0.5) is 5.82 Å². The first-order valence-electron chi connectivity index (χ1n) is 5.81. The van der Waals surface area contributed by atoms with E-state index in [2.05, 4.69) is 19.9 Å². The number of aliphatic imine (C=N–C) groups is 1. The maximum Gasteiger partial charge on any atom is 0.136 e. The molecule has 0 amide bonds. The summed E-state index contributed by atoms with van der Waals surface area (Å²) in [5.41, 5.74) is 7.69. The standard InChI is InChI=1S/C13H12N6/c14-12-8-19(13-3-5-16-9-18-13)11(7-17-12)10-2-1-4-15-6-10/h1-7,9H,8H2,(H2,14,17). The van der Waals surface area contributed by atoms with Gasteiger partial charge in [-0.05, 0) is 18.2 Å². The van der Waals surface area contributed by atoms with Gasteiger partial charge in [0.05, 0.1) is 18.4 Å². The van der Waals surface area contributed by atoms with E-state index in [1.165, 1.54) is 6.33 Å². The number of anilines is 1. The Balaban J connectivity index is 2.04. The molecular weight excluding hydrogens is 240 g/mol. The number of nitrogens with zero attached hydrogens (tertiary/aromatic N) is 5. The predicted molar refractivity (Wildman–Crippen MR) is 73.2 cm³/mol. The lowest BCUT2D eigenvalue weighted by atomic mass is 10.1. The molecule has 1 aliphatic heterocycles. The lowest BCUT2D eigenvalue weighted by Crippen LogP contribution is -2.35. The number of rotatable bonds is 2. The summed E-state index contributed by atoms with van der Waals surface area (Å²) in [6.07, 6.45) is 8.47. The lowest BCUT2D eigenvalue weighted by molar-refractivity contribution is 1.02. The van der Waals surface area contributed by atoms with Crippen molar-refractivity contribution >= 4 is 17.4 Å². The quantitative estimate of drug-likeness (QED) is 0.864. The third-order valence-corrected chi connectivity index (χ3v) is 2.76. The van der Waals surface area contributed by atoms with Crippen LogP contribution in [-0.2, 0) is 0 Å². The molecule has 0 spiro atoms. The highest BCUT2D eigenvalue weighted by molar-refractivity contribution is 5.94. The molecule has 0 radical (unpaired) electrons. The van der Waals surface area contributed by atoms with Gasteiger partial charge in [-0.3, -0.25) is 4.98 Å². The largest absolute Gasteiger partial charge is 0.386 e. The van der Waals surface area contributed by atoms with Crippen LogP contribution in [0.25, 0.3) is 5.70 Å². The van der Waals surface area contributed by atoms with E-state index in [9.17, 15) is 0 Å². The Kier molecular flexibility index (Phi) is 2.89. The Morgan fingerprint density at radius 1 is 1.16 bits per heavy atom. The zero-order valence-corrected chi connectivity index (χ0v) is 10.1. The summed E-state index contributed by atoms with van der Waals surface area (Å²) < 4.78 is 0. The molecule has 0 aromatic carbocycles. The molecule has 0 aliphatic carbocycles. The van der Waals surface area contributed by atoms with Gasteiger partial charge in [0.25, 0.3) is 0 Å². The van der Waals surface area contributed by atoms with Crippen molar-refractivity contribution in [3.8, 4) is 0 Å². The average Bonchev–Trinajstić information content (AvgIpc) is 2.49. The first-order chi connectivity index (χ1) is 9.34. The first kappa shape index (κ1) is 11.3. The second kappa shape index (κ2) is 4.85. The second-order valence-electron chi connectivity index (χ2n) is 4.03. The zero-order chi connectivity index (χ0) is 13.1. The fourth-order valence-electron chi connectivity index (χ4n) is 1.89. The Morgan fingerprint density at radius 2 is 2.11 bits per heavy atom. The summed E-state index contributed by atoms with van der Waals surface area (Å²) in [5, 5.41) is 0. The highest BCUT2D eigenvalue weighted by Gasteiger charge is 2.19. The second-order valence-corrected chi connectivity index (χ2v) is 4.03. The summed E-state index contributed by atoms with van der Waals surface area (Å²) in [4.78, 5) is 18.5. The van der Waals surface area contributed by atoms with Crippen molar-refractivity contribution in [2.75, 3.05) is 11.4 Å². The topological polar surface area (TPSA) is 80.3 Å². The van der Waals surface area contributed by atoms with Gasteiger partial charge in [-0.1, -0.05) is 0 Å². The van der Waals surface area contributed by atoms with Crippen LogP contribution in [0, 0.1) is 0 Å². The van der Waals surface area contributed by atoms with Gasteiger partial charge >= 0.3 is 0 Å². The maximum absolute atomic E-state index is 5.81. The van der Waals surface area contributed by atoms with E-state index >= 15 is 0 Å². The van der Waals surface area contributed by atoms with Crippen molar-refractivity contribution in [3.05, 3.63) is 54.9 Å². The SMILES string of the molecule is NC1=NC=C(c2cccnc2)N(c2ccncn2)C1. The van der Waals surface area contributed by atoms with Crippen LogP contribution in [0.3, 0.4) is 0 Å². The van der Waals surface area contributed by atoms with E-state index in [1.54, 1.807) is 24.8 Å². The van der Waals surface area contributed by atoms with Crippen LogP contribution in [0.15, 0.2) is 54.3 Å². The summed E-state index contributed by atoms with van der Waals surface area (Å²) in [6.45, 7) is 0.498. The minimum Gasteiger partial charge on any atom is -0.386 e. The van der Waals surface area contributed by atoms with Crippen LogP contribution in [0.5, 0.6) is 0 Å². The van der Waals surface area contributed by atoms with Crippen molar-refractivity contribution < 1.29 is 0 Å². The molecule has 0 bridgehead atoms. The van der Waals surface area contributed by atoms with Crippen LogP contribution in [-0.4, -0.2) is 27.3 Å². The molecule has 3 heterocycles. The number of nitrogens with two attached hydrogens (primary N) is 1. The molecule has 0 saturated carbocycles. The molecule has 0 atom stereocenters. The highest BCUT2D eigenvalue weighted by atomic mass is 15.2. The molecule has 0 saturated heterocycles. The Labute approximate surface area is 110 Å². The smallest absolute Gasteiger partial charge is 0.136 e. The van der Waals surface area contributed by atoms with Crippen molar-refractivity contribution in [1.82, 2.24) is 15.0 Å². The number of aromatic nitrogens is 3. The normalized spacial score (nSPS) is 14.8. The van der Waals surface area contributed by atoms with Crippen LogP contribution >= 0.6 is 0 Å². The molecule has 2 aromatic heterocycles. The monoisotopic (exact) mass is 252 g/mol. The molecule has 6 heteroatoms. The molecule has 2 aromatic rings. The van der Waals surface area contributed by atoms with Gasteiger partial charge < -0.3 is 10.6 Å². The molecule has 19 heavy (non-hydrogen) atoms. The average molecular weight is 252 g/mol. The fourth-order valence-corrected chi connectivity index (χ4v) is 1.89. The van der Waals surface area contributed by atoms with E-state index in [4.69, 9.17) is 5.73 Å². The molecule has 0 fully saturated rings. The number of hydrogen-bond acceptors (Lipinski definition) is 6. The van der Waals surface area contributed by atoms with Gasteiger partial charge in [0.2, 0.25) is 0 Å². The fraction of sp³-hybridized carbons (Fsp3) is 0.0769. The predicted octanol–water partition coefficient (Wildman–Crippen LogP) is 1.05. The summed E-state index contributed by atoms with van der Waals surface area (Å²) in [5.74, 6) is 1.33. The third-order valence-electron chi connectivity index (χ3n) is 2.76. The summed E-state index contributed by atoms with van der Waals surface area (Å²) in [6, 6.07) is 5.70. The van der Waals surface area contributed by atoms with E-state index in [0.29, 0.717) is 12.4 Å². The van der Waals surface area contributed by atoms with Crippen LogP contribution in [0.2, 0.25) is 0 Å². The van der Waals surface area contributed by atoms with Crippen LogP contribution < -0.4 is 10.6 Å². The first-order valence-corrected chi connectivity index (χ1v) is 5.81. The van der Waals surface area contributed by atoms with Gasteiger partial charge in [0, 0.05) is 24.2 Å². The summed E-state index contributed by atoms with van der Waals surface area (Å²) in [7, 11) is 0. The molecule has 94 valence electrons. The van der Waals surface area contributed by atoms with E-state index in [-0.39, 0.29) is 0 Å². The van der Waals surface area contributed by atoms with Crippen LogP contribution in [0.1, 0.15) is 5.56 Å². The van der Waals surface area contributed by atoms with E-state index < -0.39 is 0 Å². The molecule has 1 aliphatic rings. The van der Waals surface area contributed by atoms with Gasteiger partial charge in [-0.15, -0.1) is 0 Å². The van der Waals surface area contributed by atoms with Crippen molar-refractivity contribution in [1.29, 1.82) is 0 Å². The van der Waals surface area contributed by atoms with Gasteiger partial charge in [0.15, 0.2) is 0 Å². The zero-order valence-electron chi connectivity index (χ0n) is 10.1. The summed E-state index contributed by atoms with van der Waals surface area (Å²) >= 11 is 0. The molecule has 6 nitrogen and oxygen atoms in total. The maximum atomic E-state index is 5.81. The molecule has 2 N–H and O–H groups in total. The molecular formula is C13H12N6. The van der Waals surface area contributed by atoms with Gasteiger partial charge in [-0.2, -0.15) is 0 Å². The van der Waals surface area contributed by atoms with Gasteiger partial charge in [-0.25, -0.2) is 15.0 Å². The van der Waals surface area contributed by atoms with Crippen molar-refractivity contribution in [3.63, 3.8) is 0 Å².